The van der Waals surface area contributed by atoms with Crippen molar-refractivity contribution < 1.29 is 0 Å². The van der Waals surface area contributed by atoms with Gasteiger partial charge in [0.1, 0.15) is 6.07 Å². The van der Waals surface area contributed by atoms with Crippen LogP contribution in [0.1, 0.15) is 23.7 Å². The number of nitrogens with zero attached hydrogens (tertiary/aromatic N) is 5. The molecule has 2 unspecified atom stereocenters. The Balaban J connectivity index is 1.72. The first-order chi connectivity index (χ1) is 10.8. The van der Waals surface area contributed by atoms with Crippen molar-refractivity contribution in [3.8, 4) is 6.07 Å². The second-order valence-electron chi connectivity index (χ2n) is 5.94. The van der Waals surface area contributed by atoms with Crippen LogP contribution >= 0.6 is 0 Å². The third-order valence-electron chi connectivity index (χ3n) is 4.56. The Kier molecular flexibility index (Phi) is 2.93. The fourth-order valence-corrected chi connectivity index (χ4v) is 3.71. The molecule has 110 valence electrons. The maximum Gasteiger partial charge on any atom is 0.250 e. The van der Waals surface area contributed by atoms with Gasteiger partial charge in [0, 0.05) is 49.7 Å². The van der Waals surface area contributed by atoms with E-state index in [1.807, 2.05) is 16.7 Å². The van der Waals surface area contributed by atoms with Crippen molar-refractivity contribution in [2.24, 2.45) is 5.92 Å². The zero-order valence-corrected chi connectivity index (χ0v) is 12.0. The van der Waals surface area contributed by atoms with Crippen LogP contribution < -0.4 is 10.5 Å². The van der Waals surface area contributed by atoms with Crippen LogP contribution in [-0.4, -0.2) is 27.6 Å². The zero-order valence-electron chi connectivity index (χ0n) is 12.0. The van der Waals surface area contributed by atoms with Crippen LogP contribution in [0.5, 0.6) is 0 Å². The quantitative estimate of drug-likeness (QED) is 0.788. The lowest BCUT2D eigenvalue weighted by Gasteiger charge is -2.43. The Hall–Kier alpha value is -2.68. The highest BCUT2D eigenvalue weighted by molar-refractivity contribution is 5.50. The van der Waals surface area contributed by atoms with Crippen molar-refractivity contribution in [2.75, 3.05) is 18.0 Å². The molecule has 2 atom stereocenters. The fourth-order valence-electron chi connectivity index (χ4n) is 3.71. The molecule has 2 aliphatic rings. The summed E-state index contributed by atoms with van der Waals surface area (Å²) in [6.07, 6.45) is 4.25. The molecule has 1 fully saturated rings. The van der Waals surface area contributed by atoms with Gasteiger partial charge in [-0.25, -0.2) is 9.97 Å². The van der Waals surface area contributed by atoms with Gasteiger partial charge in [-0.1, -0.05) is 6.07 Å². The Morgan fingerprint density at radius 1 is 1.18 bits per heavy atom. The zero-order chi connectivity index (χ0) is 15.1. The summed E-state index contributed by atoms with van der Waals surface area (Å²) < 4.78 is 1.90. The van der Waals surface area contributed by atoms with E-state index in [1.165, 1.54) is 0 Å². The molecule has 2 aromatic heterocycles. The van der Waals surface area contributed by atoms with Gasteiger partial charge >= 0.3 is 0 Å². The summed E-state index contributed by atoms with van der Waals surface area (Å²) in [5.41, 5.74) is 1.54. The summed E-state index contributed by atoms with van der Waals surface area (Å²) in [7, 11) is 0. The molecule has 0 amide bonds. The van der Waals surface area contributed by atoms with Crippen molar-refractivity contribution in [1.82, 2.24) is 14.5 Å². The first-order valence-electron chi connectivity index (χ1n) is 7.42. The number of piperidine rings is 1. The Bertz CT molecular complexity index is 822. The molecule has 4 rings (SSSR count). The van der Waals surface area contributed by atoms with Crippen LogP contribution in [0.25, 0.3) is 0 Å². The van der Waals surface area contributed by atoms with Crippen molar-refractivity contribution in [2.45, 2.75) is 18.9 Å². The summed E-state index contributed by atoms with van der Waals surface area (Å²) in [4.78, 5) is 22.6. The first kappa shape index (κ1) is 13.0. The normalized spacial score (nSPS) is 22.8. The average molecular weight is 293 g/mol. The molecule has 1 saturated heterocycles. The number of hydrogen-bond acceptors (Lipinski definition) is 5. The number of rotatable bonds is 1. The molecular formula is C16H15N5O. The van der Waals surface area contributed by atoms with Crippen LogP contribution in [0.2, 0.25) is 0 Å². The number of fused-ring (bicyclic) bond motifs is 4. The van der Waals surface area contributed by atoms with E-state index in [9.17, 15) is 10.1 Å². The maximum atomic E-state index is 12.0. The number of pyridine rings is 1. The van der Waals surface area contributed by atoms with Gasteiger partial charge in [0.15, 0.2) is 11.5 Å². The predicted molar refractivity (Wildman–Crippen MR) is 80.5 cm³/mol. The lowest BCUT2D eigenvalue weighted by molar-refractivity contribution is 0.280. The van der Waals surface area contributed by atoms with E-state index in [-0.39, 0.29) is 5.56 Å². The second kappa shape index (κ2) is 4.95. The molecule has 0 spiro atoms. The monoisotopic (exact) mass is 293 g/mol. The summed E-state index contributed by atoms with van der Waals surface area (Å²) in [6, 6.07) is 7.61. The second-order valence-corrected chi connectivity index (χ2v) is 5.94. The van der Waals surface area contributed by atoms with E-state index in [4.69, 9.17) is 0 Å². The molecule has 0 aliphatic carbocycles. The van der Waals surface area contributed by atoms with Crippen molar-refractivity contribution in [3.63, 3.8) is 0 Å². The van der Waals surface area contributed by atoms with Crippen molar-refractivity contribution in [1.29, 1.82) is 5.26 Å². The van der Waals surface area contributed by atoms with Crippen LogP contribution in [0.3, 0.4) is 0 Å². The first-order valence-corrected chi connectivity index (χ1v) is 7.42. The van der Waals surface area contributed by atoms with Gasteiger partial charge in [-0.15, -0.1) is 0 Å². The number of anilines is 1. The van der Waals surface area contributed by atoms with E-state index in [0.717, 1.165) is 31.7 Å². The smallest absolute Gasteiger partial charge is 0.250 e. The molecule has 6 heteroatoms. The van der Waals surface area contributed by atoms with Gasteiger partial charge in [-0.05, 0) is 18.4 Å². The highest BCUT2D eigenvalue weighted by Gasteiger charge is 2.35. The van der Waals surface area contributed by atoms with Crippen LogP contribution in [0, 0.1) is 17.2 Å². The third kappa shape index (κ3) is 1.98. The highest BCUT2D eigenvalue weighted by atomic mass is 16.1. The molecule has 2 aromatic rings. The Morgan fingerprint density at radius 2 is 2.05 bits per heavy atom. The SMILES string of the molecule is N#Cc1nccnc1N1CC2CC(C1)c1cccc(=O)n1C2. The van der Waals surface area contributed by atoms with Gasteiger partial charge < -0.3 is 9.47 Å². The molecular weight excluding hydrogens is 278 g/mol. The van der Waals surface area contributed by atoms with Gasteiger partial charge in [-0.2, -0.15) is 5.26 Å². The van der Waals surface area contributed by atoms with Gasteiger partial charge in [0.05, 0.1) is 0 Å². The van der Waals surface area contributed by atoms with E-state index < -0.39 is 0 Å². The number of hydrogen-bond donors (Lipinski definition) is 0. The minimum atomic E-state index is 0.0814. The summed E-state index contributed by atoms with van der Waals surface area (Å²) >= 11 is 0. The summed E-state index contributed by atoms with van der Waals surface area (Å²) in [6.45, 7) is 2.32. The Labute approximate surface area is 127 Å². The van der Waals surface area contributed by atoms with Crippen LogP contribution in [0.15, 0.2) is 35.4 Å². The molecule has 0 saturated carbocycles. The summed E-state index contributed by atoms with van der Waals surface area (Å²) in [5.74, 6) is 1.36. The van der Waals surface area contributed by atoms with Crippen molar-refractivity contribution >= 4 is 5.82 Å². The van der Waals surface area contributed by atoms with Gasteiger partial charge in [0.2, 0.25) is 0 Å². The minimum absolute atomic E-state index is 0.0814. The average Bonchev–Trinajstić information content (AvgIpc) is 2.56. The highest BCUT2D eigenvalue weighted by Crippen LogP contribution is 2.36. The van der Waals surface area contributed by atoms with Crippen LogP contribution in [-0.2, 0) is 6.54 Å². The van der Waals surface area contributed by atoms with E-state index >= 15 is 0 Å². The molecule has 22 heavy (non-hydrogen) atoms. The molecule has 2 aliphatic heterocycles. The molecule has 0 aromatic carbocycles. The fraction of sp³-hybridized carbons (Fsp3) is 0.375. The minimum Gasteiger partial charge on any atom is -0.353 e. The lowest BCUT2D eigenvalue weighted by Crippen LogP contribution is -2.47. The molecule has 2 bridgehead atoms. The number of nitriles is 1. The van der Waals surface area contributed by atoms with Crippen LogP contribution in [0.4, 0.5) is 5.82 Å². The molecule has 6 nitrogen and oxygen atoms in total. The molecule has 0 radical (unpaired) electrons. The topological polar surface area (TPSA) is 74.8 Å². The number of aromatic nitrogens is 3. The Morgan fingerprint density at radius 3 is 2.91 bits per heavy atom. The van der Waals surface area contributed by atoms with E-state index in [0.29, 0.717) is 23.3 Å². The lowest BCUT2D eigenvalue weighted by atomic mass is 9.83. The third-order valence-corrected chi connectivity index (χ3v) is 4.56. The van der Waals surface area contributed by atoms with E-state index in [1.54, 1.807) is 18.5 Å². The van der Waals surface area contributed by atoms with Crippen molar-refractivity contribution in [3.05, 3.63) is 52.3 Å². The van der Waals surface area contributed by atoms with E-state index in [2.05, 4.69) is 20.9 Å². The molecule has 4 heterocycles. The largest absolute Gasteiger partial charge is 0.353 e. The standard InChI is InChI=1S/C16H15N5O/c17-7-13-16(19-5-4-18-13)20-8-11-6-12(10-20)14-2-1-3-15(22)21(14)9-11/h1-5,11-12H,6,8-10H2. The predicted octanol–water partition coefficient (Wildman–Crippen LogP) is 1.13. The van der Waals surface area contributed by atoms with Gasteiger partial charge in [-0.3, -0.25) is 4.79 Å². The maximum absolute atomic E-state index is 12.0. The molecule has 0 N–H and O–H groups in total. The summed E-state index contributed by atoms with van der Waals surface area (Å²) in [5, 5.41) is 9.22. The van der Waals surface area contributed by atoms with Gasteiger partial charge in [0.25, 0.3) is 5.56 Å².